The minimum absolute atomic E-state index is 0.597. The predicted octanol–water partition coefficient (Wildman–Crippen LogP) is 2.00. The first kappa shape index (κ1) is 15.8. The van der Waals surface area contributed by atoms with E-state index in [0.717, 1.165) is 5.75 Å². The smallest absolute Gasteiger partial charge is 0.0170 e. The minimum atomic E-state index is 0.597. The van der Waals surface area contributed by atoms with E-state index in [4.69, 9.17) is 0 Å². The fourth-order valence-corrected chi connectivity index (χ4v) is 3.51. The van der Waals surface area contributed by atoms with Gasteiger partial charge in [0.1, 0.15) is 0 Å². The zero-order valence-corrected chi connectivity index (χ0v) is 13.5. The first-order valence-corrected chi connectivity index (χ1v) is 8.52. The second-order valence-electron chi connectivity index (χ2n) is 5.54. The molecule has 1 aromatic carbocycles. The van der Waals surface area contributed by atoms with Crippen molar-refractivity contribution >= 4 is 11.8 Å². The summed E-state index contributed by atoms with van der Waals surface area (Å²) < 4.78 is 0. The van der Waals surface area contributed by atoms with Crippen molar-refractivity contribution in [3.05, 3.63) is 30.3 Å². The Morgan fingerprint density at radius 1 is 1.15 bits per heavy atom. The number of hydrogen-bond acceptors (Lipinski definition) is 4. The van der Waals surface area contributed by atoms with Crippen LogP contribution in [0.4, 0.5) is 0 Å². The molecular formula is C16H27N3S. The fourth-order valence-electron chi connectivity index (χ4n) is 2.43. The molecule has 1 fully saturated rings. The van der Waals surface area contributed by atoms with Crippen molar-refractivity contribution in [2.45, 2.75) is 17.4 Å². The summed E-state index contributed by atoms with van der Waals surface area (Å²) in [7, 11) is 4.30. The van der Waals surface area contributed by atoms with Crippen molar-refractivity contribution in [2.75, 3.05) is 52.6 Å². The molecule has 0 aliphatic carbocycles. The molecule has 0 bridgehead atoms. The molecular weight excluding hydrogens is 266 g/mol. The number of nitrogens with zero attached hydrogens (tertiary/aromatic N) is 2. The van der Waals surface area contributed by atoms with Gasteiger partial charge in [0.05, 0.1) is 0 Å². The first-order chi connectivity index (χ1) is 9.78. The predicted molar refractivity (Wildman–Crippen MR) is 88.6 cm³/mol. The van der Waals surface area contributed by atoms with Crippen molar-refractivity contribution in [1.82, 2.24) is 15.1 Å². The number of hydrogen-bond donors (Lipinski definition) is 1. The van der Waals surface area contributed by atoms with Gasteiger partial charge in [0.15, 0.2) is 0 Å². The Morgan fingerprint density at radius 3 is 2.50 bits per heavy atom. The van der Waals surface area contributed by atoms with Crippen LogP contribution in [0.15, 0.2) is 35.2 Å². The van der Waals surface area contributed by atoms with Crippen LogP contribution in [0.2, 0.25) is 0 Å². The van der Waals surface area contributed by atoms with Crippen molar-refractivity contribution in [1.29, 1.82) is 0 Å². The fraction of sp³-hybridized carbons (Fsp3) is 0.625. The van der Waals surface area contributed by atoms with Crippen LogP contribution >= 0.6 is 11.8 Å². The van der Waals surface area contributed by atoms with Gasteiger partial charge in [-0.2, -0.15) is 0 Å². The summed E-state index contributed by atoms with van der Waals surface area (Å²) in [6.07, 6.45) is 1.24. The molecule has 0 amide bonds. The van der Waals surface area contributed by atoms with Gasteiger partial charge < -0.3 is 15.1 Å². The Kier molecular flexibility index (Phi) is 6.87. The average molecular weight is 293 g/mol. The lowest BCUT2D eigenvalue weighted by molar-refractivity contribution is 0.150. The third-order valence-electron chi connectivity index (χ3n) is 3.99. The molecule has 0 aromatic heterocycles. The van der Waals surface area contributed by atoms with E-state index < -0.39 is 0 Å². The molecule has 1 aliphatic heterocycles. The molecule has 0 radical (unpaired) electrons. The van der Waals surface area contributed by atoms with Gasteiger partial charge in [-0.15, -0.1) is 11.8 Å². The van der Waals surface area contributed by atoms with Crippen LogP contribution in [0.25, 0.3) is 0 Å². The molecule has 1 aliphatic rings. The molecule has 112 valence electrons. The lowest BCUT2D eigenvalue weighted by Gasteiger charge is -2.33. The number of likely N-dealkylation sites (N-methyl/N-ethyl adjacent to an activating group) is 1. The van der Waals surface area contributed by atoms with Crippen LogP contribution in [0.5, 0.6) is 0 Å². The van der Waals surface area contributed by atoms with E-state index in [1.807, 2.05) is 11.8 Å². The van der Waals surface area contributed by atoms with Crippen LogP contribution in [0.1, 0.15) is 6.42 Å². The monoisotopic (exact) mass is 293 g/mol. The lowest BCUT2D eigenvalue weighted by atomic mass is 10.2. The Bertz CT molecular complexity index is 363. The zero-order valence-electron chi connectivity index (χ0n) is 12.7. The average Bonchev–Trinajstić information content (AvgIpc) is 2.50. The summed E-state index contributed by atoms with van der Waals surface area (Å²) in [6, 6.07) is 11.3. The highest BCUT2D eigenvalue weighted by Gasteiger charge is 2.15. The number of piperazine rings is 1. The molecule has 1 saturated heterocycles. The summed E-state index contributed by atoms with van der Waals surface area (Å²) in [5, 5.41) is 3.46. The molecule has 0 unspecified atom stereocenters. The molecule has 0 saturated carbocycles. The first-order valence-electron chi connectivity index (χ1n) is 7.54. The largest absolute Gasteiger partial charge is 0.316 e. The highest BCUT2D eigenvalue weighted by Crippen LogP contribution is 2.18. The minimum Gasteiger partial charge on any atom is -0.316 e. The van der Waals surface area contributed by atoms with Crippen LogP contribution in [-0.2, 0) is 0 Å². The van der Waals surface area contributed by atoms with Gasteiger partial charge in [0.2, 0.25) is 0 Å². The van der Waals surface area contributed by atoms with Gasteiger partial charge in [-0.25, -0.2) is 0 Å². The maximum absolute atomic E-state index is 3.46. The summed E-state index contributed by atoms with van der Waals surface area (Å²) in [4.78, 5) is 6.38. The summed E-state index contributed by atoms with van der Waals surface area (Å²) in [5.41, 5.74) is 0. The molecule has 4 heteroatoms. The van der Waals surface area contributed by atoms with E-state index in [2.05, 4.69) is 59.5 Å². The third-order valence-corrected chi connectivity index (χ3v) is 5.17. The quantitative estimate of drug-likeness (QED) is 0.775. The topological polar surface area (TPSA) is 18.5 Å². The molecule has 2 rings (SSSR count). The normalized spacial score (nSPS) is 19.1. The van der Waals surface area contributed by atoms with Crippen LogP contribution in [0, 0.1) is 0 Å². The van der Waals surface area contributed by atoms with E-state index in [-0.39, 0.29) is 0 Å². The lowest BCUT2D eigenvalue weighted by Crippen LogP contribution is -2.46. The van der Waals surface area contributed by atoms with E-state index >= 15 is 0 Å². The molecule has 3 nitrogen and oxygen atoms in total. The van der Waals surface area contributed by atoms with E-state index in [9.17, 15) is 0 Å². The highest BCUT2D eigenvalue weighted by atomic mass is 32.2. The van der Waals surface area contributed by atoms with E-state index in [1.165, 1.54) is 44.0 Å². The molecule has 1 atom stereocenters. The van der Waals surface area contributed by atoms with Crippen molar-refractivity contribution < 1.29 is 0 Å². The Hall–Kier alpha value is -0.550. The van der Waals surface area contributed by atoms with Crippen molar-refractivity contribution in [2.24, 2.45) is 0 Å². The summed E-state index contributed by atoms with van der Waals surface area (Å²) in [5.74, 6) is 1.15. The Morgan fingerprint density at radius 2 is 1.85 bits per heavy atom. The number of nitrogens with one attached hydrogen (secondary N) is 1. The Balaban J connectivity index is 1.67. The van der Waals surface area contributed by atoms with Crippen LogP contribution in [0.3, 0.4) is 0 Å². The zero-order chi connectivity index (χ0) is 14.2. The molecule has 1 aromatic rings. The second kappa shape index (κ2) is 8.67. The van der Waals surface area contributed by atoms with Gasteiger partial charge in [0, 0.05) is 42.9 Å². The summed E-state index contributed by atoms with van der Waals surface area (Å²) in [6.45, 7) is 6.08. The second-order valence-corrected chi connectivity index (χ2v) is 6.64. The molecule has 1 N–H and O–H groups in total. The number of rotatable bonds is 7. The van der Waals surface area contributed by atoms with E-state index in [0.29, 0.717) is 6.04 Å². The van der Waals surface area contributed by atoms with Gasteiger partial charge in [0.25, 0.3) is 0 Å². The molecule has 20 heavy (non-hydrogen) atoms. The molecule has 0 spiro atoms. The molecule has 1 heterocycles. The Labute approximate surface area is 127 Å². The van der Waals surface area contributed by atoms with Gasteiger partial charge >= 0.3 is 0 Å². The highest BCUT2D eigenvalue weighted by molar-refractivity contribution is 7.99. The maximum Gasteiger partial charge on any atom is 0.0170 e. The standard InChI is InChI=1S/C16H27N3S/c1-17-15(14-20-16-6-4-3-5-7-16)8-9-19-12-10-18(2)11-13-19/h3-7,15,17H,8-14H2,1-2H3/t15-/m1/s1. The van der Waals surface area contributed by atoms with Crippen molar-refractivity contribution in [3.63, 3.8) is 0 Å². The third kappa shape index (κ3) is 5.44. The summed E-state index contributed by atoms with van der Waals surface area (Å²) >= 11 is 1.95. The van der Waals surface area contributed by atoms with Gasteiger partial charge in [-0.05, 0) is 39.2 Å². The van der Waals surface area contributed by atoms with Crippen LogP contribution < -0.4 is 5.32 Å². The van der Waals surface area contributed by atoms with Gasteiger partial charge in [-0.1, -0.05) is 18.2 Å². The number of thioether (sulfide) groups is 1. The SMILES string of the molecule is CN[C@H](CCN1CCN(C)CC1)CSc1ccccc1. The van der Waals surface area contributed by atoms with Gasteiger partial charge in [-0.3, -0.25) is 0 Å². The number of benzene rings is 1. The van der Waals surface area contributed by atoms with E-state index in [1.54, 1.807) is 0 Å². The van der Waals surface area contributed by atoms with Crippen molar-refractivity contribution in [3.8, 4) is 0 Å². The maximum atomic E-state index is 3.46. The van der Waals surface area contributed by atoms with Crippen LogP contribution in [-0.4, -0.2) is 68.4 Å².